The Kier molecular flexibility index (Phi) is 4.39. The lowest BCUT2D eigenvalue weighted by atomic mass is 10.1. The van der Waals surface area contributed by atoms with Crippen LogP contribution in [0.5, 0.6) is 11.5 Å². The van der Waals surface area contributed by atoms with Gasteiger partial charge in [0.1, 0.15) is 11.5 Å². The van der Waals surface area contributed by atoms with Crippen LogP contribution in [0.3, 0.4) is 0 Å². The molecule has 4 heteroatoms. The third-order valence-corrected chi connectivity index (χ3v) is 4.17. The molecule has 4 rings (SSSR count). The van der Waals surface area contributed by atoms with Gasteiger partial charge >= 0.3 is 0 Å². The van der Waals surface area contributed by atoms with Gasteiger partial charge in [-0.05, 0) is 65.5 Å². The lowest BCUT2D eigenvalue weighted by molar-refractivity contribution is 0.0951. The zero-order valence-corrected chi connectivity index (χ0v) is 14.1. The number of H-pyrrole nitrogens is 1. The number of carbonyl (C=O) groups excluding carboxylic acids is 1. The Hall–Kier alpha value is -3.53. The minimum absolute atomic E-state index is 0.106. The van der Waals surface area contributed by atoms with Gasteiger partial charge in [0.2, 0.25) is 0 Å². The number of aromatic amines is 1. The number of benzene rings is 3. The first-order valence-corrected chi connectivity index (χ1v) is 8.45. The topological polar surface area (TPSA) is 54.1 Å². The number of aromatic nitrogens is 1. The Morgan fingerprint density at radius 3 is 2.46 bits per heavy atom. The van der Waals surface area contributed by atoms with Crippen LogP contribution in [0.25, 0.3) is 10.9 Å². The molecule has 3 aromatic carbocycles. The molecule has 0 aliphatic heterocycles. The van der Waals surface area contributed by atoms with Gasteiger partial charge in [0.15, 0.2) is 0 Å². The molecular weight excluding hydrogens is 324 g/mol. The zero-order chi connectivity index (χ0) is 17.8. The second-order valence-electron chi connectivity index (χ2n) is 6.02. The van der Waals surface area contributed by atoms with Gasteiger partial charge in [-0.3, -0.25) is 4.79 Å². The van der Waals surface area contributed by atoms with E-state index in [0.717, 1.165) is 22.2 Å². The maximum Gasteiger partial charge on any atom is 0.251 e. The zero-order valence-electron chi connectivity index (χ0n) is 14.1. The molecule has 4 nitrogen and oxygen atoms in total. The normalized spacial score (nSPS) is 10.6. The molecule has 128 valence electrons. The van der Waals surface area contributed by atoms with Crippen LogP contribution in [-0.4, -0.2) is 10.9 Å². The summed E-state index contributed by atoms with van der Waals surface area (Å²) >= 11 is 0. The van der Waals surface area contributed by atoms with Crippen molar-refractivity contribution in [1.82, 2.24) is 10.3 Å². The molecule has 0 aliphatic rings. The van der Waals surface area contributed by atoms with Crippen LogP contribution in [0, 0.1) is 0 Å². The van der Waals surface area contributed by atoms with Crippen LogP contribution < -0.4 is 10.1 Å². The van der Waals surface area contributed by atoms with Crippen LogP contribution in [0.1, 0.15) is 15.9 Å². The van der Waals surface area contributed by atoms with Gasteiger partial charge in [0.25, 0.3) is 5.91 Å². The maximum absolute atomic E-state index is 12.3. The van der Waals surface area contributed by atoms with Crippen molar-refractivity contribution >= 4 is 16.8 Å². The molecule has 2 N–H and O–H groups in total. The number of carbonyl (C=O) groups is 1. The number of nitrogens with one attached hydrogen (secondary N) is 2. The van der Waals surface area contributed by atoms with Crippen molar-refractivity contribution in [3.05, 3.63) is 96.2 Å². The highest BCUT2D eigenvalue weighted by molar-refractivity contribution is 5.94. The van der Waals surface area contributed by atoms with Crippen molar-refractivity contribution in [3.8, 4) is 11.5 Å². The maximum atomic E-state index is 12.3. The fourth-order valence-electron chi connectivity index (χ4n) is 2.80. The smallest absolute Gasteiger partial charge is 0.251 e. The van der Waals surface area contributed by atoms with E-state index in [0.29, 0.717) is 17.9 Å². The summed E-state index contributed by atoms with van der Waals surface area (Å²) in [6.45, 7) is 0.488. The lowest BCUT2D eigenvalue weighted by Gasteiger charge is -2.08. The molecule has 0 spiro atoms. The van der Waals surface area contributed by atoms with Gasteiger partial charge in [-0.2, -0.15) is 0 Å². The first-order valence-electron chi connectivity index (χ1n) is 8.45. The molecule has 0 aliphatic carbocycles. The van der Waals surface area contributed by atoms with Gasteiger partial charge in [0.05, 0.1) is 0 Å². The van der Waals surface area contributed by atoms with E-state index in [-0.39, 0.29) is 5.91 Å². The van der Waals surface area contributed by atoms with Gasteiger partial charge in [-0.25, -0.2) is 0 Å². The lowest BCUT2D eigenvalue weighted by Crippen LogP contribution is -2.22. The second kappa shape index (κ2) is 7.15. The predicted octanol–water partition coefficient (Wildman–Crippen LogP) is 4.89. The average molecular weight is 342 g/mol. The van der Waals surface area contributed by atoms with Crippen molar-refractivity contribution < 1.29 is 9.53 Å². The molecule has 1 heterocycles. The molecule has 0 bridgehead atoms. The van der Waals surface area contributed by atoms with Crippen LogP contribution >= 0.6 is 0 Å². The van der Waals surface area contributed by atoms with Crippen LogP contribution in [0.4, 0.5) is 0 Å². The number of para-hydroxylation sites is 1. The Morgan fingerprint density at radius 1 is 0.885 bits per heavy atom. The number of hydrogen-bond donors (Lipinski definition) is 2. The van der Waals surface area contributed by atoms with Crippen molar-refractivity contribution in [2.75, 3.05) is 0 Å². The molecule has 0 fully saturated rings. The average Bonchev–Trinajstić information content (AvgIpc) is 3.15. The van der Waals surface area contributed by atoms with E-state index < -0.39 is 0 Å². The fourth-order valence-corrected chi connectivity index (χ4v) is 2.80. The summed E-state index contributed by atoms with van der Waals surface area (Å²) in [4.78, 5) is 15.5. The number of amides is 1. The molecule has 26 heavy (non-hydrogen) atoms. The van der Waals surface area contributed by atoms with Gasteiger partial charge in [-0.1, -0.05) is 24.3 Å². The largest absolute Gasteiger partial charge is 0.457 e. The van der Waals surface area contributed by atoms with Crippen molar-refractivity contribution in [3.63, 3.8) is 0 Å². The predicted molar refractivity (Wildman–Crippen MR) is 102 cm³/mol. The summed E-state index contributed by atoms with van der Waals surface area (Å²) in [7, 11) is 0. The third-order valence-electron chi connectivity index (χ3n) is 4.17. The minimum Gasteiger partial charge on any atom is -0.457 e. The van der Waals surface area contributed by atoms with E-state index in [1.807, 2.05) is 54.7 Å². The summed E-state index contributed by atoms with van der Waals surface area (Å²) in [6, 6.07) is 24.8. The van der Waals surface area contributed by atoms with Gasteiger partial charge in [-0.15, -0.1) is 0 Å². The number of hydrogen-bond acceptors (Lipinski definition) is 2. The van der Waals surface area contributed by atoms with Crippen molar-refractivity contribution in [2.24, 2.45) is 0 Å². The highest BCUT2D eigenvalue weighted by Gasteiger charge is 2.06. The molecule has 4 aromatic rings. The van der Waals surface area contributed by atoms with E-state index in [1.54, 1.807) is 24.3 Å². The van der Waals surface area contributed by atoms with E-state index in [1.165, 1.54) is 0 Å². The molecule has 0 saturated carbocycles. The second-order valence-corrected chi connectivity index (χ2v) is 6.02. The van der Waals surface area contributed by atoms with E-state index in [9.17, 15) is 4.79 Å². The minimum atomic E-state index is -0.106. The Labute approximate surface area is 151 Å². The quantitative estimate of drug-likeness (QED) is 0.542. The van der Waals surface area contributed by atoms with E-state index in [4.69, 9.17) is 4.74 Å². The van der Waals surface area contributed by atoms with E-state index >= 15 is 0 Å². The summed E-state index contributed by atoms with van der Waals surface area (Å²) in [5, 5.41) is 4.09. The van der Waals surface area contributed by atoms with Gasteiger partial charge in [0, 0.05) is 23.8 Å². The Bertz CT molecular complexity index is 1020. The van der Waals surface area contributed by atoms with Crippen molar-refractivity contribution in [2.45, 2.75) is 6.54 Å². The number of rotatable bonds is 5. The molecule has 0 saturated heterocycles. The molecular formula is C22H18N2O2. The summed E-state index contributed by atoms with van der Waals surface area (Å²) in [6.07, 6.45) is 1.91. The first kappa shape index (κ1) is 16.0. The SMILES string of the molecule is O=C(NCc1ccc2[nH]ccc2c1)c1ccc(Oc2ccccc2)cc1. The summed E-state index contributed by atoms with van der Waals surface area (Å²) < 4.78 is 5.74. The highest BCUT2D eigenvalue weighted by Crippen LogP contribution is 2.21. The number of fused-ring (bicyclic) bond motifs is 1. The summed E-state index contributed by atoms with van der Waals surface area (Å²) in [5.41, 5.74) is 2.76. The fraction of sp³-hybridized carbons (Fsp3) is 0.0455. The molecule has 0 unspecified atom stereocenters. The number of ether oxygens (including phenoxy) is 1. The van der Waals surface area contributed by atoms with Crippen LogP contribution in [-0.2, 0) is 6.54 Å². The Morgan fingerprint density at radius 2 is 1.65 bits per heavy atom. The van der Waals surface area contributed by atoms with Gasteiger partial charge < -0.3 is 15.0 Å². The van der Waals surface area contributed by atoms with Crippen LogP contribution in [0.2, 0.25) is 0 Å². The first-order chi connectivity index (χ1) is 12.8. The molecule has 1 aromatic heterocycles. The summed E-state index contributed by atoms with van der Waals surface area (Å²) in [5.74, 6) is 1.36. The monoisotopic (exact) mass is 342 g/mol. The Balaban J connectivity index is 1.38. The molecule has 0 atom stereocenters. The van der Waals surface area contributed by atoms with E-state index in [2.05, 4.69) is 16.4 Å². The standard InChI is InChI=1S/C22H18N2O2/c25-22(24-15-16-6-11-21-18(14-16)12-13-23-21)17-7-9-20(10-8-17)26-19-4-2-1-3-5-19/h1-14,23H,15H2,(H,24,25). The highest BCUT2D eigenvalue weighted by atomic mass is 16.5. The van der Waals surface area contributed by atoms with Crippen molar-refractivity contribution in [1.29, 1.82) is 0 Å². The van der Waals surface area contributed by atoms with Crippen LogP contribution in [0.15, 0.2) is 85.1 Å². The molecule has 1 amide bonds. The third kappa shape index (κ3) is 3.59. The molecule has 0 radical (unpaired) electrons.